The number of fused-ring (bicyclic) bond motifs is 1. The Bertz CT molecular complexity index is 1220. The minimum Gasteiger partial charge on any atom is -0.379 e. The van der Waals surface area contributed by atoms with Crippen LogP contribution in [0.5, 0.6) is 0 Å². The molecule has 9 nitrogen and oxygen atoms in total. The molecule has 2 aliphatic heterocycles. The smallest absolute Gasteiger partial charge is 0.225 e. The Balaban J connectivity index is 1.07. The summed E-state index contributed by atoms with van der Waals surface area (Å²) in [6, 6.07) is 16.5. The van der Waals surface area contributed by atoms with Gasteiger partial charge in [-0.15, -0.1) is 0 Å². The second-order valence-electron chi connectivity index (χ2n) is 10.5. The van der Waals surface area contributed by atoms with Gasteiger partial charge in [-0.2, -0.15) is 4.98 Å². The summed E-state index contributed by atoms with van der Waals surface area (Å²) in [5.41, 5.74) is 3.17. The Morgan fingerprint density at radius 1 is 0.923 bits per heavy atom. The quantitative estimate of drug-likeness (QED) is 0.320. The first-order valence-electron chi connectivity index (χ1n) is 14.3. The SMILES string of the molecule is CC(=O)Nc1cccc(C2CCN(CCCNc3nc(NCCN4CCOCC4)c4ccccc4n3)CC2)c1. The Hall–Kier alpha value is -3.27. The minimum absolute atomic E-state index is 0.0269. The number of nitrogens with zero attached hydrogens (tertiary/aromatic N) is 4. The first-order chi connectivity index (χ1) is 19.1. The maximum Gasteiger partial charge on any atom is 0.225 e. The van der Waals surface area contributed by atoms with Crippen LogP contribution in [0, 0.1) is 0 Å². The molecular formula is C30H41N7O2. The van der Waals surface area contributed by atoms with E-state index in [0.717, 1.165) is 107 Å². The topological polar surface area (TPSA) is 94.7 Å². The largest absolute Gasteiger partial charge is 0.379 e. The number of nitrogens with one attached hydrogen (secondary N) is 3. The van der Waals surface area contributed by atoms with Crippen LogP contribution in [0.25, 0.3) is 10.9 Å². The fourth-order valence-corrected chi connectivity index (χ4v) is 5.51. The first-order valence-corrected chi connectivity index (χ1v) is 14.3. The zero-order valence-electron chi connectivity index (χ0n) is 23.0. The molecule has 39 heavy (non-hydrogen) atoms. The number of anilines is 3. The van der Waals surface area contributed by atoms with Crippen LogP contribution in [0.15, 0.2) is 48.5 Å². The Morgan fingerprint density at radius 3 is 2.54 bits per heavy atom. The molecular weight excluding hydrogens is 490 g/mol. The van der Waals surface area contributed by atoms with E-state index in [0.29, 0.717) is 11.9 Å². The van der Waals surface area contributed by atoms with Gasteiger partial charge in [0.1, 0.15) is 5.82 Å². The molecule has 5 rings (SSSR count). The van der Waals surface area contributed by atoms with Gasteiger partial charge in [-0.3, -0.25) is 9.69 Å². The number of carbonyl (C=O) groups excluding carboxylic acids is 1. The predicted molar refractivity (Wildman–Crippen MR) is 158 cm³/mol. The molecule has 3 N–H and O–H groups in total. The maximum absolute atomic E-state index is 11.4. The molecule has 0 bridgehead atoms. The van der Waals surface area contributed by atoms with E-state index in [1.165, 1.54) is 5.56 Å². The van der Waals surface area contributed by atoms with Crippen molar-refractivity contribution < 1.29 is 9.53 Å². The number of ether oxygens (including phenoxy) is 1. The number of piperidine rings is 1. The van der Waals surface area contributed by atoms with E-state index < -0.39 is 0 Å². The van der Waals surface area contributed by atoms with Gasteiger partial charge in [0.25, 0.3) is 0 Å². The summed E-state index contributed by atoms with van der Waals surface area (Å²) < 4.78 is 5.45. The Kier molecular flexibility index (Phi) is 9.58. The number of amides is 1. The van der Waals surface area contributed by atoms with Crippen molar-refractivity contribution in [3.8, 4) is 0 Å². The molecule has 0 unspecified atom stereocenters. The van der Waals surface area contributed by atoms with Crippen molar-refractivity contribution >= 4 is 34.3 Å². The van der Waals surface area contributed by atoms with Crippen molar-refractivity contribution in [1.29, 1.82) is 0 Å². The first kappa shape index (κ1) is 27.3. The fourth-order valence-electron chi connectivity index (χ4n) is 5.51. The molecule has 3 heterocycles. The summed E-state index contributed by atoms with van der Waals surface area (Å²) in [5, 5.41) is 11.0. The second-order valence-corrected chi connectivity index (χ2v) is 10.5. The van der Waals surface area contributed by atoms with E-state index >= 15 is 0 Å². The highest BCUT2D eigenvalue weighted by molar-refractivity contribution is 5.90. The van der Waals surface area contributed by atoms with Crippen LogP contribution in [0.4, 0.5) is 17.5 Å². The van der Waals surface area contributed by atoms with E-state index in [9.17, 15) is 4.79 Å². The number of morpholine rings is 1. The molecule has 2 aromatic carbocycles. The van der Waals surface area contributed by atoms with Crippen molar-refractivity contribution in [1.82, 2.24) is 19.8 Å². The number of rotatable bonds is 11. The lowest BCUT2D eigenvalue weighted by molar-refractivity contribution is -0.114. The van der Waals surface area contributed by atoms with E-state index in [1.54, 1.807) is 6.92 Å². The molecule has 2 saturated heterocycles. The van der Waals surface area contributed by atoms with E-state index in [-0.39, 0.29) is 5.91 Å². The lowest BCUT2D eigenvalue weighted by Gasteiger charge is -2.32. The molecule has 2 aliphatic rings. The van der Waals surface area contributed by atoms with Gasteiger partial charge >= 0.3 is 0 Å². The molecule has 3 aromatic rings. The van der Waals surface area contributed by atoms with E-state index in [2.05, 4.69) is 43.9 Å². The van der Waals surface area contributed by atoms with Crippen LogP contribution >= 0.6 is 0 Å². The molecule has 1 aromatic heterocycles. The normalized spacial score (nSPS) is 17.3. The Labute approximate surface area is 231 Å². The van der Waals surface area contributed by atoms with Crippen molar-refractivity contribution in [2.45, 2.75) is 32.1 Å². The molecule has 0 radical (unpaired) electrons. The third-order valence-electron chi connectivity index (χ3n) is 7.63. The molecule has 1 amide bonds. The summed E-state index contributed by atoms with van der Waals surface area (Å²) in [7, 11) is 0. The highest BCUT2D eigenvalue weighted by Gasteiger charge is 2.20. The predicted octanol–water partition coefficient (Wildman–Crippen LogP) is 4.01. The van der Waals surface area contributed by atoms with Crippen LogP contribution in [0.2, 0.25) is 0 Å². The second kappa shape index (κ2) is 13.7. The van der Waals surface area contributed by atoms with Crippen LogP contribution in [0.1, 0.15) is 37.7 Å². The average molecular weight is 532 g/mol. The monoisotopic (exact) mass is 531 g/mol. The number of aromatic nitrogens is 2. The Morgan fingerprint density at radius 2 is 1.72 bits per heavy atom. The highest BCUT2D eigenvalue weighted by Crippen LogP contribution is 2.29. The van der Waals surface area contributed by atoms with Gasteiger partial charge < -0.3 is 25.6 Å². The number of benzene rings is 2. The number of hydrogen-bond donors (Lipinski definition) is 3. The zero-order valence-corrected chi connectivity index (χ0v) is 23.0. The average Bonchev–Trinajstić information content (AvgIpc) is 2.96. The molecule has 0 aliphatic carbocycles. The standard InChI is InChI=1S/C30H41N7O2/c1-23(38)33-26-7-4-6-25(22-26)24-10-15-36(16-11-24)14-5-12-32-30-34-28-9-3-2-8-27(28)29(35-30)31-13-17-37-18-20-39-21-19-37/h2-4,6-9,22,24H,5,10-21H2,1H3,(H,33,38)(H2,31,32,34,35). The van der Waals surface area contributed by atoms with Gasteiger partial charge in [-0.1, -0.05) is 24.3 Å². The number of likely N-dealkylation sites (tertiary alicyclic amines) is 1. The molecule has 0 atom stereocenters. The van der Waals surface area contributed by atoms with Crippen molar-refractivity contribution in [3.05, 3.63) is 54.1 Å². The summed E-state index contributed by atoms with van der Waals surface area (Å²) in [4.78, 5) is 25.9. The third kappa shape index (κ3) is 7.88. The molecule has 0 saturated carbocycles. The number of hydrogen-bond acceptors (Lipinski definition) is 8. The molecule has 208 valence electrons. The van der Waals surface area contributed by atoms with Crippen LogP contribution < -0.4 is 16.0 Å². The fraction of sp³-hybridized carbons (Fsp3) is 0.500. The van der Waals surface area contributed by atoms with Crippen LogP contribution in [0.3, 0.4) is 0 Å². The van der Waals surface area contributed by atoms with Gasteiger partial charge in [-0.25, -0.2) is 4.98 Å². The third-order valence-corrected chi connectivity index (χ3v) is 7.63. The van der Waals surface area contributed by atoms with Gasteiger partial charge in [-0.05, 0) is 74.6 Å². The van der Waals surface area contributed by atoms with Crippen LogP contribution in [-0.4, -0.2) is 91.2 Å². The van der Waals surface area contributed by atoms with Crippen molar-refractivity contribution in [2.24, 2.45) is 0 Å². The number of carbonyl (C=O) groups is 1. The van der Waals surface area contributed by atoms with Crippen molar-refractivity contribution in [2.75, 3.05) is 81.5 Å². The summed E-state index contributed by atoms with van der Waals surface area (Å²) in [5.74, 6) is 2.09. The van der Waals surface area contributed by atoms with Crippen LogP contribution in [-0.2, 0) is 9.53 Å². The molecule has 2 fully saturated rings. The molecule has 0 spiro atoms. The zero-order chi connectivity index (χ0) is 26.9. The van der Waals surface area contributed by atoms with Gasteiger partial charge in [0.15, 0.2) is 0 Å². The summed E-state index contributed by atoms with van der Waals surface area (Å²) in [6.45, 7) is 11.1. The highest BCUT2D eigenvalue weighted by atomic mass is 16.5. The van der Waals surface area contributed by atoms with Gasteiger partial charge in [0, 0.05) is 50.7 Å². The number of para-hydroxylation sites is 1. The molecule has 9 heteroatoms. The lowest BCUT2D eigenvalue weighted by Crippen LogP contribution is -2.39. The van der Waals surface area contributed by atoms with Crippen molar-refractivity contribution in [3.63, 3.8) is 0 Å². The summed E-state index contributed by atoms with van der Waals surface area (Å²) in [6.07, 6.45) is 3.33. The lowest BCUT2D eigenvalue weighted by atomic mass is 9.89. The van der Waals surface area contributed by atoms with E-state index in [4.69, 9.17) is 14.7 Å². The minimum atomic E-state index is -0.0269. The maximum atomic E-state index is 11.4. The van der Waals surface area contributed by atoms with Gasteiger partial charge in [0.05, 0.1) is 18.7 Å². The van der Waals surface area contributed by atoms with Gasteiger partial charge in [0.2, 0.25) is 11.9 Å². The summed E-state index contributed by atoms with van der Waals surface area (Å²) >= 11 is 0. The van der Waals surface area contributed by atoms with E-state index in [1.807, 2.05) is 30.3 Å².